The van der Waals surface area contributed by atoms with Crippen LogP contribution in [0.25, 0.3) is 22.3 Å². The zero-order valence-corrected chi connectivity index (χ0v) is 19.2. The molecule has 2 aliphatic carbocycles. The largest absolute Gasteiger partial charge is 0.346 e. The molecule has 2 saturated carbocycles. The molecule has 4 heterocycles. The van der Waals surface area contributed by atoms with E-state index >= 15 is 0 Å². The molecule has 1 aliphatic heterocycles. The van der Waals surface area contributed by atoms with Crippen molar-refractivity contribution < 1.29 is 8.42 Å². The number of sulfonamides is 1. The van der Waals surface area contributed by atoms with Crippen LogP contribution in [0.5, 0.6) is 0 Å². The van der Waals surface area contributed by atoms with Gasteiger partial charge in [0.05, 0.1) is 35.2 Å². The summed E-state index contributed by atoms with van der Waals surface area (Å²) in [6.07, 6.45) is 12.7. The van der Waals surface area contributed by atoms with Gasteiger partial charge >= 0.3 is 0 Å². The van der Waals surface area contributed by atoms with Crippen LogP contribution in [0.15, 0.2) is 31.0 Å². The minimum absolute atomic E-state index is 0.202. The van der Waals surface area contributed by atoms with Gasteiger partial charge in [0.2, 0.25) is 10.0 Å². The fourth-order valence-corrected chi connectivity index (χ4v) is 8.54. The number of fused-ring (bicyclic) bond motifs is 2. The highest BCUT2D eigenvalue weighted by molar-refractivity contribution is 7.89. The third kappa shape index (κ3) is 3.28. The third-order valence-corrected chi connectivity index (χ3v) is 10.3. The van der Waals surface area contributed by atoms with Crippen molar-refractivity contribution in [2.24, 2.45) is 11.8 Å². The normalized spacial score (nSPS) is 28.5. The lowest BCUT2D eigenvalue weighted by molar-refractivity contribution is 0.240. The number of nitrogens with zero attached hydrogens (tertiary/aromatic N) is 6. The van der Waals surface area contributed by atoms with Gasteiger partial charge in [0.25, 0.3) is 0 Å². The molecule has 3 aromatic heterocycles. The molecule has 0 aromatic carbocycles. The lowest BCUT2D eigenvalue weighted by Gasteiger charge is -2.30. The molecule has 1 N–H and O–H groups in total. The van der Waals surface area contributed by atoms with Crippen molar-refractivity contribution in [3.8, 4) is 17.3 Å². The van der Waals surface area contributed by atoms with Crippen molar-refractivity contribution in [2.75, 3.05) is 13.1 Å². The number of aromatic nitrogens is 5. The molecule has 0 spiro atoms. The van der Waals surface area contributed by atoms with Gasteiger partial charge in [0.1, 0.15) is 12.0 Å². The van der Waals surface area contributed by atoms with Crippen LogP contribution in [0.2, 0.25) is 0 Å². The Balaban J connectivity index is 1.26. The summed E-state index contributed by atoms with van der Waals surface area (Å²) in [6, 6.07) is 4.33. The second-order valence-corrected chi connectivity index (χ2v) is 12.1. The average molecular weight is 466 g/mol. The van der Waals surface area contributed by atoms with Crippen LogP contribution in [0.4, 0.5) is 0 Å². The van der Waals surface area contributed by atoms with E-state index in [1.165, 1.54) is 6.33 Å². The second-order valence-electron chi connectivity index (χ2n) is 9.89. The maximum absolute atomic E-state index is 13.1. The summed E-state index contributed by atoms with van der Waals surface area (Å²) in [4.78, 5) is 11.8. The van der Waals surface area contributed by atoms with Crippen LogP contribution in [0.3, 0.4) is 0 Å². The first kappa shape index (κ1) is 20.8. The summed E-state index contributed by atoms with van der Waals surface area (Å²) >= 11 is 0. The van der Waals surface area contributed by atoms with Crippen LogP contribution in [-0.2, 0) is 15.6 Å². The Bertz CT molecular complexity index is 1320. The van der Waals surface area contributed by atoms with Gasteiger partial charge in [-0.3, -0.25) is 4.68 Å². The first-order chi connectivity index (χ1) is 16.0. The second kappa shape index (κ2) is 7.64. The lowest BCUT2D eigenvalue weighted by Crippen LogP contribution is -2.39. The van der Waals surface area contributed by atoms with Gasteiger partial charge in [-0.15, -0.1) is 0 Å². The van der Waals surface area contributed by atoms with E-state index in [9.17, 15) is 13.7 Å². The minimum atomic E-state index is -3.21. The molecule has 3 aliphatic rings. The van der Waals surface area contributed by atoms with E-state index in [2.05, 4.69) is 26.1 Å². The molecule has 10 heteroatoms. The molecule has 9 nitrogen and oxygen atoms in total. The quantitative estimate of drug-likeness (QED) is 0.618. The van der Waals surface area contributed by atoms with Crippen LogP contribution in [0, 0.1) is 23.2 Å². The van der Waals surface area contributed by atoms with Crippen LogP contribution < -0.4 is 0 Å². The maximum Gasteiger partial charge on any atom is 0.216 e. The van der Waals surface area contributed by atoms with Crippen molar-refractivity contribution in [1.82, 2.24) is 29.0 Å². The monoisotopic (exact) mass is 465 g/mol. The zero-order chi connectivity index (χ0) is 22.6. The zero-order valence-electron chi connectivity index (χ0n) is 18.4. The molecular weight excluding hydrogens is 438 g/mol. The van der Waals surface area contributed by atoms with Gasteiger partial charge in [0.15, 0.2) is 0 Å². The molecule has 1 saturated heterocycles. The van der Waals surface area contributed by atoms with Crippen LogP contribution in [0.1, 0.15) is 44.9 Å². The Morgan fingerprint density at radius 3 is 2.67 bits per heavy atom. The number of hydrogen-bond acceptors (Lipinski definition) is 6. The van der Waals surface area contributed by atoms with Crippen molar-refractivity contribution in [3.05, 3.63) is 31.0 Å². The molecular formula is C23H27N7O2S. The predicted octanol–water partition coefficient (Wildman–Crippen LogP) is 3.04. The number of nitrogens with one attached hydrogen (secondary N) is 1. The highest BCUT2D eigenvalue weighted by Gasteiger charge is 2.53. The fraction of sp³-hybridized carbons (Fsp3) is 0.565. The average Bonchev–Trinajstić information content (AvgIpc) is 3.61. The molecule has 0 amide bonds. The molecule has 1 unspecified atom stereocenters. The fourth-order valence-electron chi connectivity index (χ4n) is 6.39. The number of aromatic amines is 1. The molecule has 6 rings (SSSR count). The standard InChI is InChI=1S/C23H27N7O2S/c24-7-6-23(30-14-18(11-28-30)21-20-5-8-25-22(20)27-15-26-21)9-16-12-29(13-17(16)10-23)33(31,32)19-3-1-2-4-19/h5,8,11,14-17,19H,1-4,6,9-10,12-13H2,(H,25,26,27)/t16-,17+,23?. The predicted molar refractivity (Wildman–Crippen MR) is 122 cm³/mol. The van der Waals surface area contributed by atoms with E-state index in [1.54, 1.807) is 10.5 Å². The van der Waals surface area contributed by atoms with Crippen LogP contribution >= 0.6 is 0 Å². The third-order valence-electron chi connectivity index (χ3n) is 8.01. The highest BCUT2D eigenvalue weighted by Crippen LogP contribution is 2.50. The molecule has 0 radical (unpaired) electrons. The molecule has 33 heavy (non-hydrogen) atoms. The van der Waals surface area contributed by atoms with E-state index < -0.39 is 15.6 Å². The van der Waals surface area contributed by atoms with E-state index in [0.717, 1.165) is 60.8 Å². The van der Waals surface area contributed by atoms with Crippen molar-refractivity contribution in [3.63, 3.8) is 0 Å². The molecule has 3 aromatic rings. The van der Waals surface area contributed by atoms with Crippen molar-refractivity contribution >= 4 is 21.1 Å². The van der Waals surface area contributed by atoms with E-state index in [4.69, 9.17) is 0 Å². The summed E-state index contributed by atoms with van der Waals surface area (Å²) in [6.45, 7) is 1.14. The Labute approximate surface area is 192 Å². The van der Waals surface area contributed by atoms with Gasteiger partial charge in [0, 0.05) is 36.4 Å². The number of H-pyrrole nitrogens is 1. The van der Waals surface area contributed by atoms with Gasteiger partial charge < -0.3 is 4.98 Å². The number of hydrogen-bond donors (Lipinski definition) is 1. The van der Waals surface area contributed by atoms with E-state index in [1.807, 2.05) is 23.1 Å². The number of rotatable bonds is 5. The first-order valence-corrected chi connectivity index (χ1v) is 13.2. The summed E-state index contributed by atoms with van der Waals surface area (Å²) in [7, 11) is -3.21. The Morgan fingerprint density at radius 1 is 1.18 bits per heavy atom. The Morgan fingerprint density at radius 2 is 1.94 bits per heavy atom. The summed E-state index contributed by atoms with van der Waals surface area (Å²) in [5.41, 5.74) is 2.07. The summed E-state index contributed by atoms with van der Waals surface area (Å²) < 4.78 is 29.9. The summed E-state index contributed by atoms with van der Waals surface area (Å²) in [5.74, 6) is 0.523. The van der Waals surface area contributed by atoms with Gasteiger partial charge in [-0.05, 0) is 43.6 Å². The topological polar surface area (TPSA) is 121 Å². The first-order valence-electron chi connectivity index (χ1n) is 11.7. The maximum atomic E-state index is 13.1. The lowest BCUT2D eigenvalue weighted by atomic mass is 9.92. The molecule has 3 fully saturated rings. The molecule has 0 bridgehead atoms. The van der Waals surface area contributed by atoms with Gasteiger partial charge in [-0.2, -0.15) is 10.4 Å². The smallest absolute Gasteiger partial charge is 0.216 e. The Hall–Kier alpha value is -2.77. The van der Waals surface area contributed by atoms with Crippen molar-refractivity contribution in [2.45, 2.75) is 55.7 Å². The highest BCUT2D eigenvalue weighted by atomic mass is 32.2. The van der Waals surface area contributed by atoms with Crippen molar-refractivity contribution in [1.29, 1.82) is 5.26 Å². The minimum Gasteiger partial charge on any atom is -0.346 e. The van der Waals surface area contributed by atoms with E-state index in [-0.39, 0.29) is 17.1 Å². The van der Waals surface area contributed by atoms with Gasteiger partial charge in [-0.25, -0.2) is 22.7 Å². The molecule has 172 valence electrons. The summed E-state index contributed by atoms with van der Waals surface area (Å²) in [5, 5.41) is 15.1. The van der Waals surface area contributed by atoms with E-state index in [0.29, 0.717) is 19.5 Å². The molecule has 3 atom stereocenters. The van der Waals surface area contributed by atoms with Gasteiger partial charge in [-0.1, -0.05) is 12.8 Å². The Kier molecular flexibility index (Phi) is 4.82. The number of nitriles is 1. The van der Waals surface area contributed by atoms with Crippen LogP contribution in [-0.4, -0.2) is 55.8 Å². The SMILES string of the molecule is N#CCC1(n2cc(-c3ncnc4[nH]ccc34)cn2)C[C@H]2CN(S(=O)(=O)C3CCCC3)C[C@H]2C1.